The smallest absolute Gasteiger partial charge is 0.123 e. The molecule has 0 spiro atoms. The van der Waals surface area contributed by atoms with Crippen LogP contribution in [0, 0.1) is 5.92 Å². The lowest BCUT2D eigenvalue weighted by Gasteiger charge is -2.24. The van der Waals surface area contributed by atoms with E-state index in [1.165, 1.54) is 5.56 Å². The molecule has 0 fully saturated rings. The van der Waals surface area contributed by atoms with Gasteiger partial charge in [-0.2, -0.15) is 0 Å². The second-order valence-electron chi connectivity index (χ2n) is 4.48. The molecule has 0 radical (unpaired) electrons. The van der Waals surface area contributed by atoms with Gasteiger partial charge in [0.05, 0.1) is 7.11 Å². The minimum Gasteiger partial charge on any atom is -0.496 e. The standard InChI is InChI=1S/C14H24N2O/c1-4-16(10-12(2)9-15)11-13-7-5-6-8-14(13)17-3/h5-8,12H,4,9-11,15H2,1-3H3. The molecular weight excluding hydrogens is 212 g/mol. The summed E-state index contributed by atoms with van der Waals surface area (Å²) in [5.74, 6) is 1.50. The maximum absolute atomic E-state index is 5.67. The molecule has 0 aromatic heterocycles. The highest BCUT2D eigenvalue weighted by Crippen LogP contribution is 2.19. The Kier molecular flexibility index (Phi) is 6.01. The molecular formula is C14H24N2O. The quantitative estimate of drug-likeness (QED) is 0.788. The van der Waals surface area contributed by atoms with Crippen molar-refractivity contribution in [2.45, 2.75) is 20.4 Å². The van der Waals surface area contributed by atoms with Crippen molar-refractivity contribution in [2.75, 3.05) is 26.7 Å². The summed E-state index contributed by atoms with van der Waals surface area (Å²) in [7, 11) is 1.72. The van der Waals surface area contributed by atoms with E-state index < -0.39 is 0 Å². The summed E-state index contributed by atoms with van der Waals surface area (Å²) in [5, 5.41) is 0. The van der Waals surface area contributed by atoms with E-state index in [0.29, 0.717) is 5.92 Å². The minimum absolute atomic E-state index is 0.532. The fraction of sp³-hybridized carbons (Fsp3) is 0.571. The van der Waals surface area contributed by atoms with Gasteiger partial charge in [-0.25, -0.2) is 0 Å². The Hall–Kier alpha value is -1.06. The van der Waals surface area contributed by atoms with Crippen LogP contribution in [-0.2, 0) is 6.54 Å². The van der Waals surface area contributed by atoms with Crippen molar-refractivity contribution in [2.24, 2.45) is 11.7 Å². The lowest BCUT2D eigenvalue weighted by atomic mass is 10.1. The SMILES string of the molecule is CCN(Cc1ccccc1OC)CC(C)CN. The Morgan fingerprint density at radius 3 is 2.65 bits per heavy atom. The van der Waals surface area contributed by atoms with Crippen LogP contribution in [0.2, 0.25) is 0 Å². The third-order valence-electron chi connectivity index (χ3n) is 3.01. The van der Waals surface area contributed by atoms with Gasteiger partial charge in [-0.15, -0.1) is 0 Å². The maximum Gasteiger partial charge on any atom is 0.123 e. The first-order valence-corrected chi connectivity index (χ1v) is 6.25. The van der Waals surface area contributed by atoms with Crippen molar-refractivity contribution < 1.29 is 4.74 Å². The van der Waals surface area contributed by atoms with Gasteiger partial charge in [-0.3, -0.25) is 4.90 Å². The van der Waals surface area contributed by atoms with Gasteiger partial charge in [-0.1, -0.05) is 32.0 Å². The zero-order valence-corrected chi connectivity index (χ0v) is 11.1. The first kappa shape index (κ1) is 14.0. The number of hydrogen-bond acceptors (Lipinski definition) is 3. The van der Waals surface area contributed by atoms with Crippen molar-refractivity contribution in [3.63, 3.8) is 0 Å². The van der Waals surface area contributed by atoms with E-state index in [-0.39, 0.29) is 0 Å². The fourth-order valence-corrected chi connectivity index (χ4v) is 1.90. The molecule has 0 aliphatic heterocycles. The molecule has 0 saturated heterocycles. The van der Waals surface area contributed by atoms with Crippen LogP contribution < -0.4 is 10.5 Å². The lowest BCUT2D eigenvalue weighted by Crippen LogP contribution is -2.31. The number of ether oxygens (including phenoxy) is 1. The van der Waals surface area contributed by atoms with E-state index in [9.17, 15) is 0 Å². The topological polar surface area (TPSA) is 38.5 Å². The molecule has 1 atom stereocenters. The predicted molar refractivity (Wildman–Crippen MR) is 72.2 cm³/mol. The molecule has 0 aliphatic rings. The highest BCUT2D eigenvalue weighted by atomic mass is 16.5. The van der Waals surface area contributed by atoms with E-state index in [1.807, 2.05) is 12.1 Å². The van der Waals surface area contributed by atoms with Gasteiger partial charge in [0.25, 0.3) is 0 Å². The molecule has 3 heteroatoms. The summed E-state index contributed by atoms with van der Waals surface area (Å²) in [6.45, 7) is 8.09. The predicted octanol–water partition coefficient (Wildman–Crippen LogP) is 2.11. The summed E-state index contributed by atoms with van der Waals surface area (Å²) in [4.78, 5) is 2.40. The Morgan fingerprint density at radius 2 is 2.06 bits per heavy atom. The van der Waals surface area contributed by atoms with Gasteiger partial charge in [-0.05, 0) is 25.1 Å². The second-order valence-corrected chi connectivity index (χ2v) is 4.48. The van der Waals surface area contributed by atoms with Gasteiger partial charge in [0, 0.05) is 18.7 Å². The molecule has 0 amide bonds. The Labute approximate surface area is 105 Å². The van der Waals surface area contributed by atoms with E-state index in [0.717, 1.165) is 31.9 Å². The van der Waals surface area contributed by atoms with Crippen molar-refractivity contribution >= 4 is 0 Å². The van der Waals surface area contributed by atoms with E-state index >= 15 is 0 Å². The number of methoxy groups -OCH3 is 1. The normalized spacial score (nSPS) is 12.8. The van der Waals surface area contributed by atoms with Crippen LogP contribution in [0.1, 0.15) is 19.4 Å². The zero-order chi connectivity index (χ0) is 12.7. The van der Waals surface area contributed by atoms with Crippen molar-refractivity contribution in [1.82, 2.24) is 4.90 Å². The number of rotatable bonds is 7. The molecule has 3 nitrogen and oxygen atoms in total. The summed E-state index contributed by atoms with van der Waals surface area (Å²) >= 11 is 0. The Balaban J connectivity index is 2.66. The van der Waals surface area contributed by atoms with Crippen molar-refractivity contribution in [3.05, 3.63) is 29.8 Å². The molecule has 17 heavy (non-hydrogen) atoms. The van der Waals surface area contributed by atoms with Crippen LogP contribution in [-0.4, -0.2) is 31.6 Å². The molecule has 1 aromatic carbocycles. The van der Waals surface area contributed by atoms with E-state index in [4.69, 9.17) is 10.5 Å². The second kappa shape index (κ2) is 7.30. The molecule has 1 unspecified atom stereocenters. The number of nitrogens with two attached hydrogens (primary N) is 1. The summed E-state index contributed by atoms with van der Waals surface area (Å²) in [6.07, 6.45) is 0. The monoisotopic (exact) mass is 236 g/mol. The Bertz CT molecular complexity index is 328. The number of nitrogens with zero attached hydrogens (tertiary/aromatic N) is 1. The lowest BCUT2D eigenvalue weighted by molar-refractivity contribution is 0.240. The van der Waals surface area contributed by atoms with Gasteiger partial charge in [0.2, 0.25) is 0 Å². The zero-order valence-electron chi connectivity index (χ0n) is 11.1. The average Bonchev–Trinajstić information content (AvgIpc) is 2.38. The summed E-state index contributed by atoms with van der Waals surface area (Å²) < 4.78 is 5.37. The number of hydrogen-bond donors (Lipinski definition) is 1. The molecule has 1 aromatic rings. The highest BCUT2D eigenvalue weighted by Gasteiger charge is 2.10. The molecule has 0 bridgehead atoms. The highest BCUT2D eigenvalue weighted by molar-refractivity contribution is 5.33. The molecule has 0 saturated carbocycles. The molecule has 2 N–H and O–H groups in total. The van der Waals surface area contributed by atoms with Crippen molar-refractivity contribution in [3.8, 4) is 5.75 Å². The third kappa shape index (κ3) is 4.36. The molecule has 96 valence electrons. The molecule has 0 heterocycles. The van der Waals surface area contributed by atoms with Crippen LogP contribution in [0.5, 0.6) is 5.75 Å². The molecule has 1 rings (SSSR count). The number of para-hydroxylation sites is 1. The first-order valence-electron chi connectivity index (χ1n) is 6.25. The van der Waals surface area contributed by atoms with Gasteiger partial charge in [0.15, 0.2) is 0 Å². The van der Waals surface area contributed by atoms with Crippen LogP contribution in [0.25, 0.3) is 0 Å². The summed E-state index contributed by atoms with van der Waals surface area (Å²) in [6, 6.07) is 8.18. The third-order valence-corrected chi connectivity index (χ3v) is 3.01. The molecule has 0 aliphatic carbocycles. The van der Waals surface area contributed by atoms with Crippen LogP contribution >= 0.6 is 0 Å². The first-order chi connectivity index (χ1) is 8.21. The maximum atomic E-state index is 5.67. The van der Waals surface area contributed by atoms with Gasteiger partial charge in [0.1, 0.15) is 5.75 Å². The Morgan fingerprint density at radius 1 is 1.35 bits per heavy atom. The van der Waals surface area contributed by atoms with Crippen molar-refractivity contribution in [1.29, 1.82) is 0 Å². The van der Waals surface area contributed by atoms with Crippen LogP contribution in [0.3, 0.4) is 0 Å². The average molecular weight is 236 g/mol. The van der Waals surface area contributed by atoms with E-state index in [1.54, 1.807) is 7.11 Å². The largest absolute Gasteiger partial charge is 0.496 e. The van der Waals surface area contributed by atoms with Gasteiger partial charge < -0.3 is 10.5 Å². The van der Waals surface area contributed by atoms with E-state index in [2.05, 4.69) is 30.9 Å². The van der Waals surface area contributed by atoms with Crippen LogP contribution in [0.4, 0.5) is 0 Å². The number of benzene rings is 1. The van der Waals surface area contributed by atoms with Gasteiger partial charge >= 0.3 is 0 Å². The van der Waals surface area contributed by atoms with Crippen LogP contribution in [0.15, 0.2) is 24.3 Å². The minimum atomic E-state index is 0.532. The fourth-order valence-electron chi connectivity index (χ4n) is 1.90. The summed E-state index contributed by atoms with van der Waals surface area (Å²) in [5.41, 5.74) is 6.91.